The zero-order chi connectivity index (χ0) is 17.6. The molecule has 1 atom stereocenters. The largest absolute Gasteiger partial charge is 0.383 e. The van der Waals surface area contributed by atoms with Gasteiger partial charge in [0.1, 0.15) is 0 Å². The molecule has 1 saturated carbocycles. The van der Waals surface area contributed by atoms with Crippen LogP contribution in [0.3, 0.4) is 0 Å². The number of likely N-dealkylation sites (tertiary alicyclic amines) is 1. The zero-order valence-electron chi connectivity index (χ0n) is 13.8. The molecular formula is C15H24F2N2O4S. The molecule has 3 rings (SSSR count). The van der Waals surface area contributed by atoms with Crippen molar-refractivity contribution in [3.8, 4) is 0 Å². The second kappa shape index (κ2) is 6.17. The maximum Gasteiger partial charge on any atom is 0.262 e. The molecule has 0 aromatic rings. The third-order valence-corrected chi connectivity index (χ3v) is 7.47. The molecule has 3 aliphatic rings. The Balaban J connectivity index is 1.86. The predicted molar refractivity (Wildman–Crippen MR) is 83.2 cm³/mol. The second-order valence-electron chi connectivity index (χ2n) is 7.21. The Kier molecular flexibility index (Phi) is 4.63. The van der Waals surface area contributed by atoms with E-state index in [1.54, 1.807) is 0 Å². The van der Waals surface area contributed by atoms with Gasteiger partial charge >= 0.3 is 0 Å². The van der Waals surface area contributed by atoms with Crippen molar-refractivity contribution in [2.75, 3.05) is 39.9 Å². The third kappa shape index (κ3) is 3.30. The number of carbonyl (C=O) groups excluding carboxylic acids is 1. The topological polar surface area (TPSA) is 66.9 Å². The van der Waals surface area contributed by atoms with Gasteiger partial charge in [-0.15, -0.1) is 0 Å². The number of sulfonamides is 1. The molecule has 3 fully saturated rings. The predicted octanol–water partition coefficient (Wildman–Crippen LogP) is 1.07. The van der Waals surface area contributed by atoms with Gasteiger partial charge in [0.25, 0.3) is 5.92 Å². The average molecular weight is 366 g/mol. The molecule has 24 heavy (non-hydrogen) atoms. The number of nitrogens with zero attached hydrogens (tertiary/aromatic N) is 2. The molecule has 2 heterocycles. The Bertz CT molecular complexity index is 609. The second-order valence-corrected chi connectivity index (χ2v) is 9.43. The first kappa shape index (κ1) is 18.0. The Morgan fingerprint density at radius 3 is 2.62 bits per heavy atom. The quantitative estimate of drug-likeness (QED) is 0.730. The maximum atomic E-state index is 14.3. The minimum Gasteiger partial charge on any atom is -0.383 e. The summed E-state index contributed by atoms with van der Waals surface area (Å²) in [7, 11) is -2.22. The van der Waals surface area contributed by atoms with Crippen molar-refractivity contribution >= 4 is 15.9 Å². The third-order valence-electron chi connectivity index (χ3n) is 5.18. The van der Waals surface area contributed by atoms with E-state index in [-0.39, 0.29) is 12.5 Å². The summed E-state index contributed by atoms with van der Waals surface area (Å²) in [6.07, 6.45) is 1.38. The van der Waals surface area contributed by atoms with Crippen LogP contribution in [-0.4, -0.2) is 74.6 Å². The van der Waals surface area contributed by atoms with E-state index in [4.69, 9.17) is 4.74 Å². The molecule has 6 nitrogen and oxygen atoms in total. The summed E-state index contributed by atoms with van der Waals surface area (Å²) in [6.45, 7) is 0.258. The van der Waals surface area contributed by atoms with Crippen LogP contribution in [-0.2, 0) is 19.6 Å². The summed E-state index contributed by atoms with van der Waals surface area (Å²) in [5, 5.41) is -0.549. The van der Waals surface area contributed by atoms with E-state index in [0.29, 0.717) is 45.4 Å². The number of halogens is 2. The van der Waals surface area contributed by atoms with Gasteiger partial charge in [-0.2, -0.15) is 4.31 Å². The van der Waals surface area contributed by atoms with Gasteiger partial charge < -0.3 is 9.64 Å². The van der Waals surface area contributed by atoms with Gasteiger partial charge in [0.2, 0.25) is 15.9 Å². The van der Waals surface area contributed by atoms with E-state index in [1.165, 1.54) is 12.0 Å². The van der Waals surface area contributed by atoms with Crippen molar-refractivity contribution in [1.82, 2.24) is 9.21 Å². The summed E-state index contributed by atoms with van der Waals surface area (Å²) < 4.78 is 59.5. The molecule has 0 radical (unpaired) electrons. The number of hydrogen-bond acceptors (Lipinski definition) is 4. The molecule has 0 aromatic heterocycles. The molecule has 1 spiro atoms. The molecule has 138 valence electrons. The van der Waals surface area contributed by atoms with E-state index in [0.717, 1.165) is 4.31 Å². The first-order valence-corrected chi connectivity index (χ1v) is 9.86. The summed E-state index contributed by atoms with van der Waals surface area (Å²) >= 11 is 0. The van der Waals surface area contributed by atoms with E-state index in [9.17, 15) is 22.0 Å². The van der Waals surface area contributed by atoms with Crippen LogP contribution in [0.25, 0.3) is 0 Å². The van der Waals surface area contributed by atoms with E-state index < -0.39 is 39.6 Å². The monoisotopic (exact) mass is 366 g/mol. The van der Waals surface area contributed by atoms with Crippen molar-refractivity contribution in [3.63, 3.8) is 0 Å². The van der Waals surface area contributed by atoms with Crippen LogP contribution in [0.4, 0.5) is 8.78 Å². The zero-order valence-corrected chi connectivity index (χ0v) is 14.7. The van der Waals surface area contributed by atoms with Gasteiger partial charge in [0.15, 0.2) is 0 Å². The number of carbonyl (C=O) groups is 1. The number of piperidine rings is 2. The number of rotatable bonds is 5. The Morgan fingerprint density at radius 1 is 1.29 bits per heavy atom. The standard InChI is InChI=1S/C15H24F2N2O4S/c1-23-8-7-18-6-2-5-14(13(18)20)9-15(16,17)11-19(10-14)24(21,22)12-3-4-12/h12H,2-11H2,1H3/t14-/m0/s1. The highest BCUT2D eigenvalue weighted by Crippen LogP contribution is 2.47. The molecule has 0 bridgehead atoms. The van der Waals surface area contributed by atoms with Crippen LogP contribution < -0.4 is 0 Å². The summed E-state index contributed by atoms with van der Waals surface area (Å²) in [6, 6.07) is 0. The Morgan fingerprint density at radius 2 is 2.00 bits per heavy atom. The lowest BCUT2D eigenvalue weighted by Gasteiger charge is -2.48. The number of methoxy groups -OCH3 is 1. The van der Waals surface area contributed by atoms with Crippen LogP contribution in [0, 0.1) is 5.41 Å². The van der Waals surface area contributed by atoms with Gasteiger partial charge in [-0.1, -0.05) is 0 Å². The van der Waals surface area contributed by atoms with Crippen LogP contribution in [0.2, 0.25) is 0 Å². The molecule has 1 aliphatic carbocycles. The first-order valence-electron chi connectivity index (χ1n) is 8.35. The Labute approximate surface area is 141 Å². The fourth-order valence-electron chi connectivity index (χ4n) is 3.89. The maximum absolute atomic E-state index is 14.3. The highest BCUT2D eigenvalue weighted by Gasteiger charge is 2.58. The lowest BCUT2D eigenvalue weighted by molar-refractivity contribution is -0.164. The van der Waals surface area contributed by atoms with Crippen molar-refractivity contribution in [1.29, 1.82) is 0 Å². The van der Waals surface area contributed by atoms with Crippen LogP contribution in [0.15, 0.2) is 0 Å². The van der Waals surface area contributed by atoms with Gasteiger partial charge in [-0.3, -0.25) is 4.79 Å². The molecule has 0 N–H and O–H groups in total. The van der Waals surface area contributed by atoms with Gasteiger partial charge in [0.05, 0.1) is 23.8 Å². The average Bonchev–Trinajstić information content (AvgIpc) is 3.32. The molecule has 0 aromatic carbocycles. The van der Waals surface area contributed by atoms with E-state index in [1.807, 2.05) is 0 Å². The summed E-state index contributed by atoms with van der Waals surface area (Å²) in [5.41, 5.74) is -1.31. The van der Waals surface area contributed by atoms with Crippen molar-refractivity contribution in [2.24, 2.45) is 5.41 Å². The fraction of sp³-hybridized carbons (Fsp3) is 0.933. The van der Waals surface area contributed by atoms with Crippen molar-refractivity contribution < 1.29 is 26.7 Å². The molecule has 1 amide bonds. The molecule has 0 unspecified atom stereocenters. The highest BCUT2D eigenvalue weighted by atomic mass is 32.2. The number of amides is 1. The first-order chi connectivity index (χ1) is 11.2. The van der Waals surface area contributed by atoms with Crippen LogP contribution in [0.5, 0.6) is 0 Å². The summed E-state index contributed by atoms with van der Waals surface area (Å²) in [4.78, 5) is 14.4. The number of hydrogen-bond donors (Lipinski definition) is 0. The Hall–Kier alpha value is -0.800. The van der Waals surface area contributed by atoms with Crippen LogP contribution >= 0.6 is 0 Å². The van der Waals surface area contributed by atoms with Crippen molar-refractivity contribution in [2.45, 2.75) is 43.3 Å². The highest BCUT2D eigenvalue weighted by molar-refractivity contribution is 7.90. The molecule has 2 saturated heterocycles. The fourth-order valence-corrected chi connectivity index (χ4v) is 5.84. The SMILES string of the molecule is COCCN1CCC[C@]2(CN(S(=O)(=O)C3CC3)CC(F)(F)C2)C1=O. The molecule has 9 heteroatoms. The van der Waals surface area contributed by atoms with Crippen LogP contribution in [0.1, 0.15) is 32.1 Å². The number of ether oxygens (including phenoxy) is 1. The van der Waals surface area contributed by atoms with Crippen molar-refractivity contribution in [3.05, 3.63) is 0 Å². The number of alkyl halides is 2. The smallest absolute Gasteiger partial charge is 0.262 e. The van der Waals surface area contributed by atoms with Gasteiger partial charge in [0, 0.05) is 33.2 Å². The van der Waals surface area contributed by atoms with Gasteiger partial charge in [-0.25, -0.2) is 17.2 Å². The van der Waals surface area contributed by atoms with E-state index in [2.05, 4.69) is 0 Å². The van der Waals surface area contributed by atoms with E-state index >= 15 is 0 Å². The normalized spacial score (nSPS) is 31.6. The molecular weight excluding hydrogens is 342 g/mol. The molecule has 2 aliphatic heterocycles. The lowest BCUT2D eigenvalue weighted by Crippen LogP contribution is -2.62. The van der Waals surface area contributed by atoms with Gasteiger partial charge in [-0.05, 0) is 25.7 Å². The summed E-state index contributed by atoms with van der Waals surface area (Å²) in [5.74, 6) is -3.54. The minimum absolute atomic E-state index is 0.121. The lowest BCUT2D eigenvalue weighted by atomic mass is 9.72. The minimum atomic E-state index is -3.74.